The largest absolute Gasteiger partial charge is 0.0765 e. The van der Waals surface area contributed by atoms with Crippen molar-refractivity contribution in [1.82, 2.24) is 0 Å². The predicted molar refractivity (Wildman–Crippen MR) is 87.8 cm³/mol. The quantitative estimate of drug-likeness (QED) is 0.428. The lowest BCUT2D eigenvalue weighted by Gasteiger charge is -2.06. The van der Waals surface area contributed by atoms with E-state index in [0.29, 0.717) is 3.74 Å². The van der Waals surface area contributed by atoms with Crippen LogP contribution in [0.4, 0.5) is 0 Å². The van der Waals surface area contributed by atoms with Gasteiger partial charge in [0.1, 0.15) is 0 Å². The predicted octanol–water partition coefficient (Wildman–Crippen LogP) is 6.06. The maximum absolute atomic E-state index is 3.52. The molecule has 2 rings (SSSR count). The average Bonchev–Trinajstić information content (AvgIpc) is 2.38. The molecule has 0 radical (unpaired) electrons. The van der Waals surface area contributed by atoms with Crippen LogP contribution in [0.1, 0.15) is 31.2 Å². The SMILES string of the molecule is BrC(Br)CCCCCc1cccc2ccccc12. The normalized spacial score (nSPS) is 11.3. The highest BCUT2D eigenvalue weighted by Gasteiger charge is 2.01. The fraction of sp³-hybridized carbons (Fsp3) is 0.375. The number of alkyl halides is 2. The Morgan fingerprint density at radius 3 is 2.44 bits per heavy atom. The third-order valence-corrected chi connectivity index (χ3v) is 4.16. The van der Waals surface area contributed by atoms with Crippen LogP contribution in [0.15, 0.2) is 42.5 Å². The van der Waals surface area contributed by atoms with Gasteiger partial charge in [0.2, 0.25) is 0 Å². The number of aryl methyl sites for hydroxylation is 1. The van der Waals surface area contributed by atoms with Crippen molar-refractivity contribution in [3.05, 3.63) is 48.0 Å². The van der Waals surface area contributed by atoms with Gasteiger partial charge in [0.15, 0.2) is 0 Å². The van der Waals surface area contributed by atoms with Crippen molar-refractivity contribution >= 4 is 42.6 Å². The van der Waals surface area contributed by atoms with E-state index in [0.717, 1.165) is 0 Å². The molecule has 0 N–H and O–H groups in total. The van der Waals surface area contributed by atoms with Gasteiger partial charge >= 0.3 is 0 Å². The molecule has 0 saturated carbocycles. The first kappa shape index (κ1) is 14.1. The fourth-order valence-corrected chi connectivity index (χ4v) is 2.95. The Bertz CT molecular complexity index is 486. The number of halogens is 2. The summed E-state index contributed by atoms with van der Waals surface area (Å²) in [6.45, 7) is 0. The molecule has 0 atom stereocenters. The minimum absolute atomic E-state index is 0.475. The molecule has 0 nitrogen and oxygen atoms in total. The Kier molecular flexibility index (Phi) is 5.71. The summed E-state index contributed by atoms with van der Waals surface area (Å²) in [5.74, 6) is 0. The summed E-state index contributed by atoms with van der Waals surface area (Å²) >= 11 is 7.04. The van der Waals surface area contributed by atoms with Gasteiger partial charge in [0.25, 0.3) is 0 Å². The van der Waals surface area contributed by atoms with Gasteiger partial charge < -0.3 is 0 Å². The third kappa shape index (κ3) is 4.10. The fourth-order valence-electron chi connectivity index (χ4n) is 2.30. The first-order chi connectivity index (χ1) is 8.77. The second-order valence-corrected chi connectivity index (χ2v) is 8.07. The van der Waals surface area contributed by atoms with Gasteiger partial charge in [-0.25, -0.2) is 0 Å². The molecule has 0 aliphatic carbocycles. The maximum Gasteiger partial charge on any atom is 0.0697 e. The Hall–Kier alpha value is -0.340. The molecule has 0 bridgehead atoms. The van der Waals surface area contributed by atoms with Crippen molar-refractivity contribution in [2.45, 2.75) is 35.8 Å². The van der Waals surface area contributed by atoms with Crippen LogP contribution >= 0.6 is 31.9 Å². The van der Waals surface area contributed by atoms with Crippen molar-refractivity contribution < 1.29 is 0 Å². The molecule has 2 aromatic carbocycles. The number of fused-ring (bicyclic) bond motifs is 1. The number of hydrogen-bond donors (Lipinski definition) is 0. The second-order valence-electron chi connectivity index (χ2n) is 4.63. The zero-order valence-corrected chi connectivity index (χ0v) is 13.6. The van der Waals surface area contributed by atoms with Crippen molar-refractivity contribution in [3.63, 3.8) is 0 Å². The van der Waals surface area contributed by atoms with E-state index < -0.39 is 0 Å². The summed E-state index contributed by atoms with van der Waals surface area (Å²) in [7, 11) is 0. The van der Waals surface area contributed by atoms with E-state index in [4.69, 9.17) is 0 Å². The minimum Gasteiger partial charge on any atom is -0.0765 e. The Morgan fingerprint density at radius 1 is 0.833 bits per heavy atom. The molecule has 0 amide bonds. The standard InChI is InChI=1S/C16H18Br2/c17-16(18)12-3-1-2-7-13-9-6-10-14-8-4-5-11-15(13)14/h4-6,8-11,16H,1-3,7,12H2. The molecule has 0 unspecified atom stereocenters. The molecular weight excluding hydrogens is 352 g/mol. The molecule has 0 heterocycles. The molecule has 0 fully saturated rings. The highest BCUT2D eigenvalue weighted by molar-refractivity contribution is 9.24. The summed E-state index contributed by atoms with van der Waals surface area (Å²) in [6.07, 6.45) is 6.26. The van der Waals surface area contributed by atoms with Crippen LogP contribution in [0.5, 0.6) is 0 Å². The zero-order chi connectivity index (χ0) is 12.8. The van der Waals surface area contributed by atoms with Crippen molar-refractivity contribution in [1.29, 1.82) is 0 Å². The summed E-state index contributed by atoms with van der Waals surface area (Å²) in [4.78, 5) is 0. The molecule has 0 spiro atoms. The lowest BCUT2D eigenvalue weighted by molar-refractivity contribution is 0.668. The Labute approximate surface area is 126 Å². The smallest absolute Gasteiger partial charge is 0.0697 e. The van der Waals surface area contributed by atoms with Crippen molar-refractivity contribution in [2.75, 3.05) is 0 Å². The molecule has 18 heavy (non-hydrogen) atoms. The van der Waals surface area contributed by atoms with Crippen LogP contribution in [0.25, 0.3) is 10.8 Å². The summed E-state index contributed by atoms with van der Waals surface area (Å²) in [5, 5.41) is 2.77. The first-order valence-corrected chi connectivity index (χ1v) is 8.35. The van der Waals surface area contributed by atoms with Gasteiger partial charge in [0.05, 0.1) is 3.74 Å². The molecule has 0 aliphatic rings. The molecule has 0 aromatic heterocycles. The summed E-state index contributed by atoms with van der Waals surface area (Å²) in [6, 6.07) is 15.3. The van der Waals surface area contributed by atoms with Gasteiger partial charge in [-0.3, -0.25) is 0 Å². The lowest BCUT2D eigenvalue weighted by Crippen LogP contribution is -1.90. The van der Waals surface area contributed by atoms with Gasteiger partial charge in [-0.15, -0.1) is 0 Å². The molecular formula is C16H18Br2. The number of hydrogen-bond acceptors (Lipinski definition) is 0. The van der Waals surface area contributed by atoms with Gasteiger partial charge in [-0.05, 0) is 35.6 Å². The maximum atomic E-state index is 3.52. The van der Waals surface area contributed by atoms with Crippen molar-refractivity contribution in [2.24, 2.45) is 0 Å². The molecule has 0 saturated heterocycles. The van der Waals surface area contributed by atoms with Crippen LogP contribution < -0.4 is 0 Å². The number of unbranched alkanes of at least 4 members (excludes halogenated alkanes) is 2. The van der Waals surface area contributed by atoms with Crippen LogP contribution in [-0.4, -0.2) is 3.74 Å². The van der Waals surface area contributed by atoms with Crippen LogP contribution in [0, 0.1) is 0 Å². The highest BCUT2D eigenvalue weighted by Crippen LogP contribution is 2.21. The summed E-state index contributed by atoms with van der Waals surface area (Å²) in [5.41, 5.74) is 1.49. The summed E-state index contributed by atoms with van der Waals surface area (Å²) < 4.78 is 0.475. The van der Waals surface area contributed by atoms with Crippen molar-refractivity contribution in [3.8, 4) is 0 Å². The molecule has 96 valence electrons. The van der Waals surface area contributed by atoms with E-state index in [9.17, 15) is 0 Å². The van der Waals surface area contributed by atoms with Gasteiger partial charge in [0, 0.05) is 0 Å². The van der Waals surface area contributed by atoms with E-state index in [1.807, 2.05) is 0 Å². The van der Waals surface area contributed by atoms with Crippen LogP contribution in [0.3, 0.4) is 0 Å². The van der Waals surface area contributed by atoms with Gasteiger partial charge in [-0.1, -0.05) is 87.2 Å². The van der Waals surface area contributed by atoms with E-state index in [1.165, 1.54) is 48.4 Å². The topological polar surface area (TPSA) is 0 Å². The van der Waals surface area contributed by atoms with Gasteiger partial charge in [-0.2, -0.15) is 0 Å². The Morgan fingerprint density at radius 2 is 1.61 bits per heavy atom. The van der Waals surface area contributed by atoms with Crippen LogP contribution in [-0.2, 0) is 6.42 Å². The number of rotatable bonds is 6. The molecule has 0 aliphatic heterocycles. The molecule has 2 aromatic rings. The monoisotopic (exact) mass is 368 g/mol. The number of benzene rings is 2. The highest BCUT2D eigenvalue weighted by atomic mass is 79.9. The minimum atomic E-state index is 0.475. The zero-order valence-electron chi connectivity index (χ0n) is 10.4. The van der Waals surface area contributed by atoms with E-state index >= 15 is 0 Å². The van der Waals surface area contributed by atoms with Crippen LogP contribution in [0.2, 0.25) is 0 Å². The van der Waals surface area contributed by atoms with E-state index in [1.54, 1.807) is 0 Å². The average molecular weight is 370 g/mol. The Balaban J connectivity index is 1.91. The first-order valence-electron chi connectivity index (χ1n) is 6.52. The van der Waals surface area contributed by atoms with E-state index in [-0.39, 0.29) is 0 Å². The third-order valence-electron chi connectivity index (χ3n) is 3.25. The molecule has 2 heteroatoms. The van der Waals surface area contributed by atoms with E-state index in [2.05, 4.69) is 74.3 Å². The lowest BCUT2D eigenvalue weighted by atomic mass is 9.99. The second kappa shape index (κ2) is 7.30.